The second kappa shape index (κ2) is 4.86. The number of aliphatic hydroxyl groups is 1. The summed E-state index contributed by atoms with van der Waals surface area (Å²) in [4.78, 5) is 6.46. The molecule has 100 valence electrons. The number of nitrogens with zero attached hydrogens (tertiary/aromatic N) is 4. The highest BCUT2D eigenvalue weighted by molar-refractivity contribution is 7.18. The predicted molar refractivity (Wildman–Crippen MR) is 75.2 cm³/mol. The number of rotatable bonds is 2. The molecule has 2 aromatic heterocycles. The highest BCUT2D eigenvalue weighted by Crippen LogP contribution is 2.31. The molecule has 3 rings (SSSR count). The summed E-state index contributed by atoms with van der Waals surface area (Å²) in [6, 6.07) is 5.77. The molecule has 1 aliphatic heterocycles. The van der Waals surface area contributed by atoms with Crippen molar-refractivity contribution >= 4 is 16.5 Å². The molecule has 0 amide bonds. The zero-order valence-corrected chi connectivity index (χ0v) is 11.6. The molecule has 6 heteroatoms. The molecule has 0 unspecified atom stereocenters. The predicted octanol–water partition coefficient (Wildman–Crippen LogP) is 1.95. The van der Waals surface area contributed by atoms with Crippen LogP contribution in [0.4, 0.5) is 5.13 Å². The average Bonchev–Trinajstić information content (AvgIpc) is 2.89. The molecule has 5 nitrogen and oxygen atoms in total. The monoisotopic (exact) mass is 276 g/mol. The maximum absolute atomic E-state index is 9.95. The van der Waals surface area contributed by atoms with E-state index in [-0.39, 0.29) is 0 Å². The summed E-state index contributed by atoms with van der Waals surface area (Å²) >= 11 is 1.55. The summed E-state index contributed by atoms with van der Waals surface area (Å²) in [5, 5.41) is 20.1. The normalized spacial score (nSPS) is 18.5. The second-order valence-electron chi connectivity index (χ2n) is 5.09. The maximum atomic E-state index is 9.95. The van der Waals surface area contributed by atoms with Crippen molar-refractivity contribution in [3.05, 3.63) is 24.4 Å². The van der Waals surface area contributed by atoms with Crippen molar-refractivity contribution in [2.45, 2.75) is 25.4 Å². The first-order chi connectivity index (χ1) is 9.14. The summed E-state index contributed by atoms with van der Waals surface area (Å²) in [5.74, 6) is 0. The van der Waals surface area contributed by atoms with Crippen LogP contribution in [0.25, 0.3) is 10.7 Å². The van der Waals surface area contributed by atoms with Crippen molar-refractivity contribution in [2.24, 2.45) is 0 Å². The third-order valence-corrected chi connectivity index (χ3v) is 4.42. The lowest BCUT2D eigenvalue weighted by atomic mass is 9.94. The van der Waals surface area contributed by atoms with Gasteiger partial charge in [0.25, 0.3) is 0 Å². The van der Waals surface area contributed by atoms with Crippen molar-refractivity contribution in [3.8, 4) is 10.7 Å². The van der Waals surface area contributed by atoms with Crippen LogP contribution in [0.3, 0.4) is 0 Å². The molecular weight excluding hydrogens is 260 g/mol. The van der Waals surface area contributed by atoms with Crippen LogP contribution in [0.15, 0.2) is 24.4 Å². The summed E-state index contributed by atoms with van der Waals surface area (Å²) in [6.07, 6.45) is 3.30. The zero-order valence-electron chi connectivity index (χ0n) is 10.8. The zero-order chi connectivity index (χ0) is 13.3. The van der Waals surface area contributed by atoms with Crippen LogP contribution in [-0.2, 0) is 0 Å². The van der Waals surface area contributed by atoms with Crippen molar-refractivity contribution in [1.29, 1.82) is 0 Å². The Labute approximate surface area is 115 Å². The molecule has 1 N–H and O–H groups in total. The molecule has 0 atom stereocenters. The van der Waals surface area contributed by atoms with Gasteiger partial charge in [-0.15, -0.1) is 10.2 Å². The number of hydrogen-bond acceptors (Lipinski definition) is 6. The first-order valence-corrected chi connectivity index (χ1v) is 7.18. The van der Waals surface area contributed by atoms with Crippen molar-refractivity contribution < 1.29 is 5.11 Å². The van der Waals surface area contributed by atoms with Gasteiger partial charge in [0.1, 0.15) is 5.69 Å². The van der Waals surface area contributed by atoms with E-state index in [9.17, 15) is 5.11 Å². The van der Waals surface area contributed by atoms with Crippen LogP contribution in [-0.4, -0.2) is 39.0 Å². The van der Waals surface area contributed by atoms with Crippen LogP contribution < -0.4 is 4.90 Å². The first-order valence-electron chi connectivity index (χ1n) is 6.36. The molecule has 0 aromatic carbocycles. The fraction of sp³-hybridized carbons (Fsp3) is 0.462. The number of piperidine rings is 1. The van der Waals surface area contributed by atoms with E-state index in [0.717, 1.165) is 41.8 Å². The molecule has 0 aliphatic carbocycles. The van der Waals surface area contributed by atoms with Gasteiger partial charge in [-0.3, -0.25) is 4.98 Å². The van der Waals surface area contributed by atoms with E-state index in [1.54, 1.807) is 17.5 Å². The minimum absolute atomic E-state index is 0.537. The molecule has 0 radical (unpaired) electrons. The lowest BCUT2D eigenvalue weighted by Crippen LogP contribution is -2.42. The summed E-state index contributed by atoms with van der Waals surface area (Å²) < 4.78 is 0. The molecule has 1 aliphatic rings. The lowest BCUT2D eigenvalue weighted by molar-refractivity contribution is 0.0351. The van der Waals surface area contributed by atoms with Gasteiger partial charge in [-0.05, 0) is 31.9 Å². The smallest absolute Gasteiger partial charge is 0.208 e. The van der Waals surface area contributed by atoms with Gasteiger partial charge in [0.05, 0.1) is 5.60 Å². The van der Waals surface area contributed by atoms with Crippen LogP contribution in [0.1, 0.15) is 19.8 Å². The molecule has 1 saturated heterocycles. The molecule has 19 heavy (non-hydrogen) atoms. The minimum Gasteiger partial charge on any atom is -0.390 e. The highest BCUT2D eigenvalue weighted by Gasteiger charge is 2.28. The van der Waals surface area contributed by atoms with Crippen LogP contribution >= 0.6 is 11.3 Å². The van der Waals surface area contributed by atoms with Crippen molar-refractivity contribution in [2.75, 3.05) is 18.0 Å². The third-order valence-electron chi connectivity index (χ3n) is 3.41. The molecule has 0 bridgehead atoms. The number of pyridine rings is 1. The summed E-state index contributed by atoms with van der Waals surface area (Å²) in [6.45, 7) is 3.54. The Bertz CT molecular complexity index is 545. The highest BCUT2D eigenvalue weighted by atomic mass is 32.1. The fourth-order valence-electron chi connectivity index (χ4n) is 2.12. The van der Waals surface area contributed by atoms with Gasteiger partial charge in [-0.25, -0.2) is 0 Å². The quantitative estimate of drug-likeness (QED) is 0.908. The summed E-state index contributed by atoms with van der Waals surface area (Å²) in [5.41, 5.74) is 0.320. The number of anilines is 1. The van der Waals surface area contributed by atoms with Crippen molar-refractivity contribution in [1.82, 2.24) is 15.2 Å². The average molecular weight is 276 g/mol. The third kappa shape index (κ3) is 2.74. The van der Waals surface area contributed by atoms with E-state index in [1.165, 1.54) is 0 Å². The second-order valence-corrected chi connectivity index (χ2v) is 6.04. The molecule has 0 saturated carbocycles. The number of aromatic nitrogens is 3. The Hall–Kier alpha value is -1.53. The Morgan fingerprint density at radius 3 is 2.74 bits per heavy atom. The topological polar surface area (TPSA) is 62.1 Å². The standard InChI is InChI=1S/C13H16N4OS/c1-13(18)5-8-17(9-6-13)12-16-15-11(19-12)10-4-2-3-7-14-10/h2-4,7,18H,5-6,8-9H2,1H3. The van der Waals surface area contributed by atoms with E-state index in [0.29, 0.717) is 0 Å². The van der Waals surface area contributed by atoms with Gasteiger partial charge in [-0.2, -0.15) is 0 Å². The lowest BCUT2D eigenvalue weighted by Gasteiger charge is -2.35. The Kier molecular flexibility index (Phi) is 3.20. The molecule has 3 heterocycles. The number of hydrogen-bond donors (Lipinski definition) is 1. The largest absolute Gasteiger partial charge is 0.390 e. The van der Waals surface area contributed by atoms with Crippen molar-refractivity contribution in [3.63, 3.8) is 0 Å². The van der Waals surface area contributed by atoms with Gasteiger partial charge in [0, 0.05) is 19.3 Å². The van der Waals surface area contributed by atoms with E-state index >= 15 is 0 Å². The SMILES string of the molecule is CC1(O)CCN(c2nnc(-c3ccccn3)s2)CC1. The molecule has 0 spiro atoms. The van der Waals surface area contributed by atoms with Gasteiger partial charge < -0.3 is 10.0 Å². The Morgan fingerprint density at radius 2 is 2.05 bits per heavy atom. The minimum atomic E-state index is -0.537. The van der Waals surface area contributed by atoms with Gasteiger partial charge in [-0.1, -0.05) is 17.4 Å². The van der Waals surface area contributed by atoms with E-state index in [1.807, 2.05) is 25.1 Å². The van der Waals surface area contributed by atoms with Gasteiger partial charge in [0.2, 0.25) is 5.13 Å². The van der Waals surface area contributed by atoms with E-state index in [2.05, 4.69) is 20.1 Å². The molecular formula is C13H16N4OS. The van der Waals surface area contributed by atoms with Gasteiger partial charge >= 0.3 is 0 Å². The maximum Gasteiger partial charge on any atom is 0.208 e. The fourth-order valence-corrected chi connectivity index (χ4v) is 2.99. The Balaban J connectivity index is 1.76. The van der Waals surface area contributed by atoms with Crippen LogP contribution in [0, 0.1) is 0 Å². The summed E-state index contributed by atoms with van der Waals surface area (Å²) in [7, 11) is 0. The molecule has 2 aromatic rings. The van der Waals surface area contributed by atoms with Gasteiger partial charge in [0.15, 0.2) is 5.01 Å². The molecule has 1 fully saturated rings. The van der Waals surface area contributed by atoms with Crippen LogP contribution in [0.5, 0.6) is 0 Å². The first kappa shape index (κ1) is 12.5. The van der Waals surface area contributed by atoms with Crippen LogP contribution in [0.2, 0.25) is 0 Å². The Morgan fingerprint density at radius 1 is 1.26 bits per heavy atom. The van der Waals surface area contributed by atoms with E-state index in [4.69, 9.17) is 0 Å². The van der Waals surface area contributed by atoms with E-state index < -0.39 is 5.60 Å².